The molecule has 1 aromatic carbocycles. The lowest BCUT2D eigenvalue weighted by atomic mass is 10.2. The van der Waals surface area contributed by atoms with Crippen molar-refractivity contribution < 1.29 is 14.0 Å². The molecule has 8 nitrogen and oxygen atoms in total. The first-order valence-corrected chi connectivity index (χ1v) is 8.65. The second-order valence-electron chi connectivity index (χ2n) is 6.22. The summed E-state index contributed by atoms with van der Waals surface area (Å²) in [6, 6.07) is 10.6. The van der Waals surface area contributed by atoms with Crippen molar-refractivity contribution in [3.8, 4) is 11.4 Å². The number of hydrogen-bond donors (Lipinski definition) is 3. The van der Waals surface area contributed by atoms with Crippen molar-refractivity contribution in [2.45, 2.75) is 6.92 Å². The number of nitrogens with zero attached hydrogens (tertiary/aromatic N) is 3. The Morgan fingerprint density at radius 3 is 2.48 bits per heavy atom. The largest absolute Gasteiger partial charge is 0.336 e. The second-order valence-corrected chi connectivity index (χ2v) is 6.22. The minimum atomic E-state index is -0.374. The molecule has 0 aliphatic rings. The maximum Gasteiger partial charge on any atom is 0.258 e. The summed E-state index contributed by atoms with van der Waals surface area (Å²) in [4.78, 5) is 39.5. The van der Waals surface area contributed by atoms with Crippen molar-refractivity contribution in [3.63, 3.8) is 0 Å². The van der Waals surface area contributed by atoms with Crippen molar-refractivity contribution in [2.75, 3.05) is 10.6 Å². The summed E-state index contributed by atoms with van der Waals surface area (Å²) in [5.41, 5.74) is 2.32. The van der Waals surface area contributed by atoms with Gasteiger partial charge in [-0.2, -0.15) is 0 Å². The van der Waals surface area contributed by atoms with E-state index >= 15 is 0 Å². The molecule has 0 saturated carbocycles. The Morgan fingerprint density at radius 1 is 1.00 bits per heavy atom. The van der Waals surface area contributed by atoms with Crippen molar-refractivity contribution in [1.29, 1.82) is 0 Å². The molecule has 0 unspecified atom stereocenters. The first-order valence-electron chi connectivity index (χ1n) is 8.65. The topological polar surface area (TPSA) is 113 Å². The molecule has 29 heavy (non-hydrogen) atoms. The maximum atomic E-state index is 13.1. The number of halogens is 1. The molecule has 0 bridgehead atoms. The summed E-state index contributed by atoms with van der Waals surface area (Å²) in [5, 5.41) is 5.30. The number of carbonyl (C=O) groups is 2. The van der Waals surface area contributed by atoms with Gasteiger partial charge in [-0.25, -0.2) is 19.3 Å². The fourth-order valence-corrected chi connectivity index (χ4v) is 2.77. The van der Waals surface area contributed by atoms with E-state index in [0.29, 0.717) is 39.6 Å². The van der Waals surface area contributed by atoms with Crippen LogP contribution in [0.15, 0.2) is 54.9 Å². The van der Waals surface area contributed by atoms with Gasteiger partial charge >= 0.3 is 0 Å². The van der Waals surface area contributed by atoms with Gasteiger partial charge in [0.1, 0.15) is 17.5 Å². The summed E-state index contributed by atoms with van der Waals surface area (Å²) < 4.78 is 13.1. The first-order chi connectivity index (χ1) is 14.0. The summed E-state index contributed by atoms with van der Waals surface area (Å²) in [5.74, 6) is -0.0833. The molecule has 3 aromatic heterocycles. The van der Waals surface area contributed by atoms with Gasteiger partial charge in [-0.3, -0.25) is 9.59 Å². The van der Waals surface area contributed by atoms with Gasteiger partial charge in [0.05, 0.1) is 23.0 Å². The molecule has 0 fully saturated rings. The van der Waals surface area contributed by atoms with Crippen LogP contribution in [0.25, 0.3) is 22.6 Å². The zero-order chi connectivity index (χ0) is 20.4. The maximum absolute atomic E-state index is 13.1. The highest BCUT2D eigenvalue weighted by molar-refractivity contribution is 6.11. The number of aromatic amines is 1. The zero-order valence-corrected chi connectivity index (χ0v) is 15.2. The molecule has 144 valence electrons. The number of aromatic nitrogens is 4. The quantitative estimate of drug-likeness (QED) is 0.495. The number of carbonyl (C=O) groups excluding carboxylic acids is 2. The molecule has 0 atom stereocenters. The average Bonchev–Trinajstić information content (AvgIpc) is 3.14. The van der Waals surface area contributed by atoms with E-state index in [1.165, 1.54) is 31.5 Å². The molecule has 4 rings (SSSR count). The van der Waals surface area contributed by atoms with Crippen LogP contribution in [0.5, 0.6) is 0 Å². The molecular formula is C20H15FN6O2. The van der Waals surface area contributed by atoms with Gasteiger partial charge in [-0.15, -0.1) is 0 Å². The molecule has 0 aliphatic carbocycles. The lowest BCUT2D eigenvalue weighted by Gasteiger charge is -2.06. The molecule has 0 spiro atoms. The van der Waals surface area contributed by atoms with Crippen LogP contribution in [0, 0.1) is 5.82 Å². The Morgan fingerprint density at radius 2 is 1.79 bits per heavy atom. The third kappa shape index (κ3) is 3.93. The molecule has 3 N–H and O–H groups in total. The van der Waals surface area contributed by atoms with E-state index in [1.807, 2.05) is 0 Å². The number of rotatable bonds is 4. The van der Waals surface area contributed by atoms with Gasteiger partial charge in [0.15, 0.2) is 5.65 Å². The van der Waals surface area contributed by atoms with Crippen LogP contribution in [0.4, 0.5) is 15.9 Å². The van der Waals surface area contributed by atoms with E-state index in [-0.39, 0.29) is 17.6 Å². The van der Waals surface area contributed by atoms with Crippen molar-refractivity contribution in [3.05, 3.63) is 66.2 Å². The minimum Gasteiger partial charge on any atom is -0.336 e. The van der Waals surface area contributed by atoms with Crippen LogP contribution in [0.2, 0.25) is 0 Å². The summed E-state index contributed by atoms with van der Waals surface area (Å²) in [7, 11) is 0. The molecule has 3 heterocycles. The standard InChI is InChI=1S/C20H15FN6O2/c1-11(28)24-16-7-6-14(10-23-16)25-20(29)15-8-9-22-19-17(15)26-18(27-19)12-2-4-13(21)5-3-12/h2-10H,1H3,(H,25,29)(H,22,26,27)(H,23,24,28). The Balaban J connectivity index is 1.60. The number of imidazole rings is 1. The highest BCUT2D eigenvalue weighted by Gasteiger charge is 2.15. The third-order valence-corrected chi connectivity index (χ3v) is 4.08. The van der Waals surface area contributed by atoms with Crippen LogP contribution in [-0.4, -0.2) is 31.8 Å². The monoisotopic (exact) mass is 390 g/mol. The number of hydrogen-bond acceptors (Lipinski definition) is 5. The Labute approximate surface area is 164 Å². The van der Waals surface area contributed by atoms with Crippen LogP contribution >= 0.6 is 0 Å². The summed E-state index contributed by atoms with van der Waals surface area (Å²) in [6.07, 6.45) is 2.93. The molecule has 0 aliphatic heterocycles. The first kappa shape index (κ1) is 18.2. The van der Waals surface area contributed by atoms with E-state index in [9.17, 15) is 14.0 Å². The average molecular weight is 390 g/mol. The number of anilines is 2. The zero-order valence-electron chi connectivity index (χ0n) is 15.2. The van der Waals surface area contributed by atoms with Gasteiger partial charge in [0.2, 0.25) is 5.91 Å². The van der Waals surface area contributed by atoms with Crippen LogP contribution < -0.4 is 10.6 Å². The number of amides is 2. The second kappa shape index (κ2) is 7.47. The SMILES string of the molecule is CC(=O)Nc1ccc(NC(=O)c2ccnc3nc(-c4ccc(F)cc4)[nH]c23)cn1. The molecule has 4 aromatic rings. The molecule has 0 saturated heterocycles. The van der Waals surface area contributed by atoms with E-state index < -0.39 is 0 Å². The Bertz CT molecular complexity index is 1200. The third-order valence-electron chi connectivity index (χ3n) is 4.08. The minimum absolute atomic E-state index is 0.232. The predicted molar refractivity (Wildman–Crippen MR) is 106 cm³/mol. The smallest absolute Gasteiger partial charge is 0.258 e. The fourth-order valence-electron chi connectivity index (χ4n) is 2.77. The highest BCUT2D eigenvalue weighted by atomic mass is 19.1. The van der Waals surface area contributed by atoms with Gasteiger partial charge < -0.3 is 15.6 Å². The normalized spacial score (nSPS) is 10.7. The lowest BCUT2D eigenvalue weighted by Crippen LogP contribution is -2.13. The van der Waals surface area contributed by atoms with E-state index in [0.717, 1.165) is 0 Å². The summed E-state index contributed by atoms with van der Waals surface area (Å²) >= 11 is 0. The number of fused-ring (bicyclic) bond motifs is 1. The molecule has 0 radical (unpaired) electrons. The van der Waals surface area contributed by atoms with Gasteiger partial charge in [-0.1, -0.05) is 0 Å². The fraction of sp³-hybridized carbons (Fsp3) is 0.0500. The Kier molecular flexibility index (Phi) is 4.70. The van der Waals surface area contributed by atoms with E-state index in [1.54, 1.807) is 30.3 Å². The Hall–Kier alpha value is -4.14. The molecule has 9 heteroatoms. The van der Waals surface area contributed by atoms with Gasteiger partial charge in [0, 0.05) is 18.7 Å². The van der Waals surface area contributed by atoms with E-state index in [2.05, 4.69) is 30.6 Å². The van der Waals surface area contributed by atoms with Crippen molar-refractivity contribution in [2.24, 2.45) is 0 Å². The van der Waals surface area contributed by atoms with Crippen LogP contribution in [0.1, 0.15) is 17.3 Å². The van der Waals surface area contributed by atoms with Crippen molar-refractivity contribution >= 4 is 34.5 Å². The molecular weight excluding hydrogens is 375 g/mol. The molecule has 2 amide bonds. The van der Waals surface area contributed by atoms with Crippen LogP contribution in [-0.2, 0) is 4.79 Å². The number of H-pyrrole nitrogens is 1. The van der Waals surface area contributed by atoms with Gasteiger partial charge in [-0.05, 0) is 42.5 Å². The predicted octanol–water partition coefficient (Wildman–Crippen LogP) is 3.37. The number of pyridine rings is 2. The van der Waals surface area contributed by atoms with Gasteiger partial charge in [0.25, 0.3) is 5.91 Å². The van der Waals surface area contributed by atoms with Crippen molar-refractivity contribution in [1.82, 2.24) is 19.9 Å². The number of nitrogens with one attached hydrogen (secondary N) is 3. The van der Waals surface area contributed by atoms with Crippen LogP contribution in [0.3, 0.4) is 0 Å². The lowest BCUT2D eigenvalue weighted by molar-refractivity contribution is -0.114. The number of benzene rings is 1. The van der Waals surface area contributed by atoms with E-state index in [4.69, 9.17) is 0 Å². The summed E-state index contributed by atoms with van der Waals surface area (Å²) in [6.45, 7) is 1.39. The highest BCUT2D eigenvalue weighted by Crippen LogP contribution is 2.22.